The third-order valence-electron chi connectivity index (χ3n) is 4.65. The van der Waals surface area contributed by atoms with Crippen molar-refractivity contribution in [1.29, 1.82) is 0 Å². The van der Waals surface area contributed by atoms with Gasteiger partial charge in [0.1, 0.15) is 4.90 Å². The van der Waals surface area contributed by atoms with Crippen LogP contribution in [0, 0.1) is 34.6 Å². The minimum absolute atomic E-state index is 0.128. The highest BCUT2D eigenvalue weighted by Gasteiger charge is 2.25. The number of methoxy groups -OCH3 is 1. The average molecular weight is 415 g/mol. The summed E-state index contributed by atoms with van der Waals surface area (Å²) in [4.78, 5) is 0.185. The largest absolute Gasteiger partial charge is 0.378 e. The molecule has 1 heterocycles. The molecule has 1 aromatic heterocycles. The fraction of sp³-hybridized carbons (Fsp3) is 0.318. The number of nitrogens with zero attached hydrogens (tertiary/aromatic N) is 2. The van der Waals surface area contributed by atoms with Gasteiger partial charge in [0.15, 0.2) is 0 Å². The first-order valence-corrected chi connectivity index (χ1v) is 10.7. The molecule has 6 nitrogen and oxygen atoms in total. The van der Waals surface area contributed by atoms with E-state index in [0.717, 1.165) is 22.4 Å². The van der Waals surface area contributed by atoms with Crippen LogP contribution in [-0.4, -0.2) is 25.3 Å². The zero-order chi connectivity index (χ0) is 21.3. The van der Waals surface area contributed by atoms with E-state index in [1.807, 2.05) is 51.1 Å². The van der Waals surface area contributed by atoms with Crippen LogP contribution in [0.1, 0.15) is 33.5 Å². The molecule has 154 valence electrons. The number of hydrogen-bond acceptors (Lipinski definition) is 5. The maximum Gasteiger partial charge on any atom is 0.341 e. The Bertz CT molecular complexity index is 1140. The van der Waals surface area contributed by atoms with Crippen LogP contribution in [-0.2, 0) is 21.5 Å². The highest BCUT2D eigenvalue weighted by atomic mass is 32.2. The van der Waals surface area contributed by atoms with Gasteiger partial charge in [-0.2, -0.15) is 18.2 Å². The summed E-state index contributed by atoms with van der Waals surface area (Å²) in [5.74, 6) is 0.128. The topological polar surface area (TPSA) is 70.4 Å². The van der Waals surface area contributed by atoms with Crippen LogP contribution in [0.3, 0.4) is 0 Å². The molecule has 0 atom stereocenters. The smallest absolute Gasteiger partial charge is 0.341 e. The lowest BCUT2D eigenvalue weighted by Gasteiger charge is -2.14. The van der Waals surface area contributed by atoms with Gasteiger partial charge in [-0.1, -0.05) is 35.4 Å². The molecule has 3 rings (SSSR count). The van der Waals surface area contributed by atoms with E-state index in [2.05, 4.69) is 5.10 Å². The summed E-state index contributed by atoms with van der Waals surface area (Å²) in [7, 11) is -2.48. The number of ether oxygens (including phenoxy) is 1. The summed E-state index contributed by atoms with van der Waals surface area (Å²) < 4.78 is 38.6. The van der Waals surface area contributed by atoms with Crippen LogP contribution < -0.4 is 4.18 Å². The zero-order valence-corrected chi connectivity index (χ0v) is 18.4. The molecule has 0 spiro atoms. The van der Waals surface area contributed by atoms with E-state index in [1.165, 1.54) is 4.68 Å². The van der Waals surface area contributed by atoms with Gasteiger partial charge in [-0.25, -0.2) is 0 Å². The van der Waals surface area contributed by atoms with Gasteiger partial charge < -0.3 is 8.92 Å². The summed E-state index contributed by atoms with van der Waals surface area (Å²) in [5, 5.41) is 4.50. The molecule has 0 saturated carbocycles. The molecule has 0 N–H and O–H groups in total. The molecule has 29 heavy (non-hydrogen) atoms. The normalized spacial score (nSPS) is 11.7. The molecule has 0 unspecified atom stereocenters. The second kappa shape index (κ2) is 8.00. The van der Waals surface area contributed by atoms with E-state index in [-0.39, 0.29) is 17.4 Å². The van der Waals surface area contributed by atoms with Crippen molar-refractivity contribution in [2.75, 3.05) is 7.11 Å². The van der Waals surface area contributed by atoms with Crippen LogP contribution in [0.4, 0.5) is 0 Å². The first-order valence-electron chi connectivity index (χ1n) is 9.30. The predicted molar refractivity (Wildman–Crippen MR) is 112 cm³/mol. The van der Waals surface area contributed by atoms with E-state index in [0.29, 0.717) is 16.8 Å². The van der Waals surface area contributed by atoms with E-state index >= 15 is 0 Å². The van der Waals surface area contributed by atoms with Gasteiger partial charge in [0, 0.05) is 13.2 Å². The first-order chi connectivity index (χ1) is 13.6. The minimum atomic E-state index is -4.05. The van der Waals surface area contributed by atoms with E-state index in [9.17, 15) is 8.42 Å². The molecular weight excluding hydrogens is 388 g/mol. The van der Waals surface area contributed by atoms with Crippen molar-refractivity contribution in [2.24, 2.45) is 0 Å². The first kappa shape index (κ1) is 21.1. The summed E-state index contributed by atoms with van der Waals surface area (Å²) in [6.07, 6.45) is 0. The molecule has 0 aliphatic heterocycles. The lowest BCUT2D eigenvalue weighted by atomic mass is 10.1. The molecular formula is C22H26N2O4S. The SMILES string of the molecule is COCc1cc(OS(=O)(=O)c2c(C)cc(C)cc2C)n(-c2ccc(C)cc2C)n1. The Morgan fingerprint density at radius 1 is 0.897 bits per heavy atom. The molecule has 0 aliphatic rings. The lowest BCUT2D eigenvalue weighted by molar-refractivity contribution is 0.181. The van der Waals surface area contributed by atoms with Gasteiger partial charge in [-0.05, 0) is 57.4 Å². The van der Waals surface area contributed by atoms with Crippen molar-refractivity contribution in [3.63, 3.8) is 0 Å². The third-order valence-corrected chi connectivity index (χ3v) is 6.18. The van der Waals surface area contributed by atoms with Crippen molar-refractivity contribution < 1.29 is 17.3 Å². The Labute approximate surface area is 172 Å². The monoisotopic (exact) mass is 414 g/mol. The number of hydrogen-bond donors (Lipinski definition) is 0. The van der Waals surface area contributed by atoms with Gasteiger partial charge >= 0.3 is 10.1 Å². The molecule has 0 radical (unpaired) electrons. The summed E-state index contributed by atoms with van der Waals surface area (Å²) >= 11 is 0. The molecule has 2 aromatic carbocycles. The summed E-state index contributed by atoms with van der Waals surface area (Å²) in [6, 6.07) is 11.1. The standard InChI is InChI=1S/C22H26N2O4S/c1-14-7-8-20(16(3)9-14)24-21(12-19(23-24)13-27-6)28-29(25,26)22-17(4)10-15(2)11-18(22)5/h7-12H,13H2,1-6H3. The number of rotatable bonds is 6. The van der Waals surface area contributed by atoms with Gasteiger partial charge in [-0.3, -0.25) is 0 Å². The van der Waals surface area contributed by atoms with Crippen molar-refractivity contribution in [1.82, 2.24) is 9.78 Å². The average Bonchev–Trinajstić information content (AvgIpc) is 2.95. The predicted octanol–water partition coefficient (Wildman–Crippen LogP) is 4.33. The van der Waals surface area contributed by atoms with E-state index in [1.54, 1.807) is 27.0 Å². The van der Waals surface area contributed by atoms with E-state index in [4.69, 9.17) is 8.92 Å². The molecule has 3 aromatic rings. The van der Waals surface area contributed by atoms with Crippen molar-refractivity contribution in [3.05, 3.63) is 69.9 Å². The summed E-state index contributed by atoms with van der Waals surface area (Å²) in [6.45, 7) is 9.68. The Morgan fingerprint density at radius 3 is 2.10 bits per heavy atom. The highest BCUT2D eigenvalue weighted by molar-refractivity contribution is 7.87. The maximum atomic E-state index is 13.1. The fourth-order valence-electron chi connectivity index (χ4n) is 3.62. The second-order valence-corrected chi connectivity index (χ2v) is 8.86. The lowest BCUT2D eigenvalue weighted by Crippen LogP contribution is -2.15. The highest BCUT2D eigenvalue weighted by Crippen LogP contribution is 2.29. The molecule has 0 aliphatic carbocycles. The van der Waals surface area contributed by atoms with Gasteiger partial charge in [0.25, 0.3) is 0 Å². The molecule has 0 saturated heterocycles. The van der Waals surface area contributed by atoms with Crippen molar-refractivity contribution in [3.8, 4) is 11.6 Å². The third kappa shape index (κ3) is 4.36. The van der Waals surface area contributed by atoms with Gasteiger partial charge in [0.2, 0.25) is 5.88 Å². The zero-order valence-electron chi connectivity index (χ0n) is 17.6. The maximum absolute atomic E-state index is 13.1. The number of benzene rings is 2. The number of aryl methyl sites for hydroxylation is 5. The summed E-state index contributed by atoms with van der Waals surface area (Å²) in [5.41, 5.74) is 5.70. The van der Waals surface area contributed by atoms with Crippen LogP contribution in [0.25, 0.3) is 5.69 Å². The van der Waals surface area contributed by atoms with Gasteiger partial charge in [-0.15, -0.1) is 0 Å². The second-order valence-electron chi connectivity index (χ2n) is 7.37. The van der Waals surface area contributed by atoms with Crippen LogP contribution in [0.15, 0.2) is 41.3 Å². The van der Waals surface area contributed by atoms with Crippen LogP contribution >= 0.6 is 0 Å². The number of aromatic nitrogens is 2. The Balaban J connectivity index is 2.11. The Hall–Kier alpha value is -2.64. The Morgan fingerprint density at radius 2 is 1.52 bits per heavy atom. The van der Waals surface area contributed by atoms with Crippen molar-refractivity contribution >= 4 is 10.1 Å². The Kier molecular flexibility index (Phi) is 5.82. The molecule has 7 heteroatoms. The van der Waals surface area contributed by atoms with E-state index < -0.39 is 10.1 Å². The van der Waals surface area contributed by atoms with Crippen LogP contribution in [0.5, 0.6) is 5.88 Å². The molecule has 0 bridgehead atoms. The minimum Gasteiger partial charge on any atom is -0.378 e. The molecule has 0 amide bonds. The van der Waals surface area contributed by atoms with Crippen molar-refractivity contribution in [2.45, 2.75) is 46.1 Å². The van der Waals surface area contributed by atoms with Gasteiger partial charge in [0.05, 0.1) is 18.0 Å². The van der Waals surface area contributed by atoms with Crippen LogP contribution in [0.2, 0.25) is 0 Å². The fourth-order valence-corrected chi connectivity index (χ4v) is 4.95. The quantitative estimate of drug-likeness (QED) is 0.562. The molecule has 0 fully saturated rings.